The van der Waals surface area contributed by atoms with Crippen molar-refractivity contribution in [2.24, 2.45) is 5.92 Å². The first-order valence-electron chi connectivity index (χ1n) is 6.14. The molecule has 0 unspecified atom stereocenters. The number of hydrogen-bond acceptors (Lipinski definition) is 1. The third-order valence-electron chi connectivity index (χ3n) is 1.65. The molecule has 0 aliphatic carbocycles. The standard InChI is InChI=1S/C11H18N.2C2H6.CH4.Rb/c1-7-8-12(10(4)5)11(6)9(2)3;2*1-2;;/h8-9H,4,6H2,1-3,5H3;2*1-2H3;1H4;/q-1;;;;+1. The van der Waals surface area contributed by atoms with E-state index >= 15 is 0 Å². The molecule has 0 aliphatic rings. The van der Waals surface area contributed by atoms with Crippen LogP contribution in [0, 0.1) is 12.0 Å². The molecule has 1 nitrogen and oxygen atoms in total. The van der Waals surface area contributed by atoms with Gasteiger partial charge in [0.25, 0.3) is 0 Å². The second-order valence-corrected chi connectivity index (χ2v) is 3.17. The van der Waals surface area contributed by atoms with E-state index in [1.165, 1.54) is 0 Å². The molecular formula is C16H34NRb. The fourth-order valence-corrected chi connectivity index (χ4v) is 0.846. The zero-order chi connectivity index (χ0) is 13.7. The zero-order valence-electron chi connectivity index (χ0n) is 13.5. The Balaban J connectivity index is -0.0000000849. The first kappa shape index (κ1) is 31.3. The van der Waals surface area contributed by atoms with E-state index in [1.54, 1.807) is 0 Å². The van der Waals surface area contributed by atoms with E-state index in [4.69, 9.17) is 0 Å². The predicted octanol–water partition coefficient (Wildman–Crippen LogP) is 3.02. The van der Waals surface area contributed by atoms with Gasteiger partial charge in [0.15, 0.2) is 0 Å². The minimum absolute atomic E-state index is 0. The Bertz CT molecular complexity index is 205. The monoisotopic (exact) mass is 325 g/mol. The predicted molar refractivity (Wildman–Crippen MR) is 83.5 cm³/mol. The van der Waals surface area contributed by atoms with Crippen molar-refractivity contribution in [3.8, 4) is 0 Å². The Morgan fingerprint density at radius 3 is 1.61 bits per heavy atom. The first-order valence-corrected chi connectivity index (χ1v) is 6.14. The molecule has 0 aromatic heterocycles. The molecule has 0 heterocycles. The molecule has 18 heavy (non-hydrogen) atoms. The van der Waals surface area contributed by atoms with Crippen LogP contribution >= 0.6 is 0 Å². The first-order chi connectivity index (χ1) is 7.50. The van der Waals surface area contributed by atoms with Crippen LogP contribution in [0.1, 0.15) is 62.8 Å². The molecular weight excluding hydrogens is 292 g/mol. The normalized spacial score (nSPS) is 7.83. The molecule has 0 saturated heterocycles. The molecule has 0 aliphatic heterocycles. The van der Waals surface area contributed by atoms with E-state index < -0.39 is 0 Å². The van der Waals surface area contributed by atoms with Crippen LogP contribution in [-0.4, -0.2) is 4.90 Å². The van der Waals surface area contributed by atoms with E-state index in [1.807, 2.05) is 52.6 Å². The fourth-order valence-electron chi connectivity index (χ4n) is 0.846. The van der Waals surface area contributed by atoms with Crippen LogP contribution in [0.5, 0.6) is 0 Å². The van der Waals surface area contributed by atoms with E-state index in [0.29, 0.717) is 5.92 Å². The van der Waals surface area contributed by atoms with Gasteiger partial charge in [-0.25, -0.2) is 0 Å². The van der Waals surface area contributed by atoms with Crippen LogP contribution in [0.15, 0.2) is 30.8 Å². The van der Waals surface area contributed by atoms with Gasteiger partial charge in [0, 0.05) is 11.4 Å². The van der Waals surface area contributed by atoms with Crippen LogP contribution in [0.25, 0.3) is 0 Å². The summed E-state index contributed by atoms with van der Waals surface area (Å²) in [6.45, 7) is 23.9. The van der Waals surface area contributed by atoms with Crippen molar-refractivity contribution < 1.29 is 58.2 Å². The summed E-state index contributed by atoms with van der Waals surface area (Å²) in [4.78, 5) is 1.96. The van der Waals surface area contributed by atoms with Crippen LogP contribution in [0.3, 0.4) is 0 Å². The molecule has 0 atom stereocenters. The molecule has 0 aromatic rings. The van der Waals surface area contributed by atoms with Crippen molar-refractivity contribution >= 4 is 0 Å². The van der Waals surface area contributed by atoms with Crippen molar-refractivity contribution in [1.82, 2.24) is 4.90 Å². The summed E-state index contributed by atoms with van der Waals surface area (Å²) < 4.78 is 0. The van der Waals surface area contributed by atoms with Gasteiger partial charge in [-0.05, 0) is 12.8 Å². The third-order valence-corrected chi connectivity index (χ3v) is 1.65. The quantitative estimate of drug-likeness (QED) is 0.718. The molecule has 0 spiro atoms. The summed E-state index contributed by atoms with van der Waals surface area (Å²) in [7, 11) is 0. The van der Waals surface area contributed by atoms with Crippen LogP contribution in [0.2, 0.25) is 0 Å². The maximum absolute atomic E-state index is 3.99. The molecule has 0 bridgehead atoms. The topological polar surface area (TPSA) is 3.24 Å². The Labute approximate surface area is 166 Å². The summed E-state index contributed by atoms with van der Waals surface area (Å²) in [5.41, 5.74) is 2.03. The van der Waals surface area contributed by atoms with E-state index in [-0.39, 0.29) is 65.6 Å². The van der Waals surface area contributed by atoms with Gasteiger partial charge in [0.05, 0.1) is 0 Å². The molecule has 2 heteroatoms. The largest absolute Gasteiger partial charge is 1.00 e. The van der Waals surface area contributed by atoms with Gasteiger partial charge in [-0.3, -0.25) is 0 Å². The summed E-state index contributed by atoms with van der Waals surface area (Å²) in [5, 5.41) is 0. The van der Waals surface area contributed by atoms with Crippen molar-refractivity contribution in [3.63, 3.8) is 0 Å². The van der Waals surface area contributed by atoms with Crippen molar-refractivity contribution in [2.45, 2.75) is 62.8 Å². The molecule has 0 radical (unpaired) electrons. The smallest absolute Gasteiger partial charge is 0.482 e. The Morgan fingerprint density at radius 1 is 1.11 bits per heavy atom. The maximum Gasteiger partial charge on any atom is 1.00 e. The molecule has 0 aromatic carbocycles. The van der Waals surface area contributed by atoms with E-state index in [2.05, 4.69) is 33.1 Å². The van der Waals surface area contributed by atoms with Crippen LogP contribution < -0.4 is 58.2 Å². The molecule has 0 saturated carbocycles. The summed E-state index contributed by atoms with van der Waals surface area (Å²) >= 11 is 0. The van der Waals surface area contributed by atoms with Gasteiger partial charge >= 0.3 is 58.2 Å². The minimum Gasteiger partial charge on any atom is -0.482 e. The fraction of sp³-hybridized carbons (Fsp3) is 0.625. The van der Waals surface area contributed by atoms with Crippen LogP contribution in [0.4, 0.5) is 0 Å². The Hall–Kier alpha value is 0.825. The number of allylic oxidation sites excluding steroid dienone is 3. The van der Waals surface area contributed by atoms with Gasteiger partial charge in [0.1, 0.15) is 0 Å². The molecule has 104 valence electrons. The SMILES string of the molecule is C.C=C(C)N(C=[C-]C)C(=C)C(C)C.CC.CC.[Rb+]. The summed E-state index contributed by atoms with van der Waals surface area (Å²) in [5.74, 6) is 0.436. The van der Waals surface area contributed by atoms with Gasteiger partial charge in [0.2, 0.25) is 0 Å². The van der Waals surface area contributed by atoms with Crippen LogP contribution in [-0.2, 0) is 0 Å². The van der Waals surface area contributed by atoms with Gasteiger partial charge < -0.3 is 11.0 Å². The average Bonchev–Trinajstić information content (AvgIpc) is 2.30. The Kier molecular flexibility index (Phi) is 39.9. The average molecular weight is 326 g/mol. The maximum atomic E-state index is 3.99. The number of rotatable bonds is 4. The molecule has 0 fully saturated rings. The third kappa shape index (κ3) is 16.8. The second kappa shape index (κ2) is 23.0. The number of nitrogens with zero attached hydrogens (tertiary/aromatic N) is 1. The van der Waals surface area contributed by atoms with Gasteiger partial charge in [-0.1, -0.05) is 62.1 Å². The summed E-state index contributed by atoms with van der Waals surface area (Å²) in [6.07, 6.45) is 4.83. The minimum atomic E-state index is 0. The van der Waals surface area contributed by atoms with Gasteiger partial charge in [-0.2, -0.15) is 13.1 Å². The summed E-state index contributed by atoms with van der Waals surface area (Å²) in [6, 6.07) is 0. The van der Waals surface area contributed by atoms with Gasteiger partial charge in [-0.15, -0.1) is 0 Å². The van der Waals surface area contributed by atoms with E-state index in [0.717, 1.165) is 11.4 Å². The molecule has 0 rings (SSSR count). The zero-order valence-corrected chi connectivity index (χ0v) is 18.4. The van der Waals surface area contributed by atoms with Crippen molar-refractivity contribution in [3.05, 3.63) is 36.8 Å². The number of hydrogen-bond donors (Lipinski definition) is 0. The van der Waals surface area contributed by atoms with E-state index in [9.17, 15) is 0 Å². The van der Waals surface area contributed by atoms with Crippen molar-refractivity contribution in [1.29, 1.82) is 0 Å². The Morgan fingerprint density at radius 2 is 1.44 bits per heavy atom. The molecule has 0 N–H and O–H groups in total. The van der Waals surface area contributed by atoms with Crippen molar-refractivity contribution in [2.75, 3.05) is 0 Å². The second-order valence-electron chi connectivity index (χ2n) is 3.17. The molecule has 0 amide bonds.